The van der Waals surface area contributed by atoms with E-state index in [1.54, 1.807) is 0 Å². The number of rotatable bonds is 6. The third-order valence-corrected chi connectivity index (χ3v) is 2.44. The first kappa shape index (κ1) is 14.2. The second-order valence-corrected chi connectivity index (χ2v) is 4.09. The molecule has 1 aromatic carbocycles. The number of urea groups is 1. The molecule has 0 atom stereocenters. The summed E-state index contributed by atoms with van der Waals surface area (Å²) in [6, 6.07) is 7.46. The second kappa shape index (κ2) is 7.45. The molecule has 5 nitrogen and oxygen atoms in total. The Morgan fingerprint density at radius 2 is 1.94 bits per heavy atom. The third kappa shape index (κ3) is 5.45. The molecule has 0 heterocycles. The second-order valence-electron chi connectivity index (χ2n) is 4.09. The van der Waals surface area contributed by atoms with E-state index in [0.717, 1.165) is 11.1 Å². The Labute approximate surface area is 107 Å². The molecule has 0 radical (unpaired) electrons. The predicted octanol–water partition coefficient (Wildman–Crippen LogP) is 0.924. The number of ketones is 1. The van der Waals surface area contributed by atoms with Crippen LogP contribution >= 0.6 is 0 Å². The topological polar surface area (TPSA) is 84.2 Å². The molecule has 0 aromatic heterocycles. The number of hydrogen-bond donors (Lipinski definition) is 3. The van der Waals surface area contributed by atoms with E-state index in [4.69, 9.17) is 5.73 Å². The zero-order valence-corrected chi connectivity index (χ0v) is 10.5. The Bertz CT molecular complexity index is 418. The maximum absolute atomic E-state index is 11.4. The summed E-state index contributed by atoms with van der Waals surface area (Å²) in [7, 11) is 0. The van der Waals surface area contributed by atoms with Crippen LogP contribution in [0.25, 0.3) is 0 Å². The molecular weight excluding hydrogens is 230 g/mol. The van der Waals surface area contributed by atoms with Crippen LogP contribution in [-0.2, 0) is 17.9 Å². The summed E-state index contributed by atoms with van der Waals surface area (Å²) in [5, 5.41) is 5.34. The van der Waals surface area contributed by atoms with Crippen LogP contribution < -0.4 is 16.4 Å². The van der Waals surface area contributed by atoms with Crippen molar-refractivity contribution in [2.45, 2.75) is 26.4 Å². The smallest absolute Gasteiger partial charge is 0.315 e. The summed E-state index contributed by atoms with van der Waals surface area (Å²) in [6.07, 6.45) is 0.357. The first-order valence-corrected chi connectivity index (χ1v) is 5.91. The van der Waals surface area contributed by atoms with Gasteiger partial charge >= 0.3 is 6.03 Å². The average Bonchev–Trinajstić information content (AvgIpc) is 2.36. The maximum Gasteiger partial charge on any atom is 0.315 e. The molecule has 18 heavy (non-hydrogen) atoms. The molecule has 98 valence electrons. The van der Waals surface area contributed by atoms with Gasteiger partial charge in [-0.15, -0.1) is 0 Å². The van der Waals surface area contributed by atoms with E-state index < -0.39 is 0 Å². The van der Waals surface area contributed by atoms with Gasteiger partial charge in [-0.25, -0.2) is 4.79 Å². The van der Waals surface area contributed by atoms with Gasteiger partial charge in [-0.1, -0.05) is 24.3 Å². The van der Waals surface area contributed by atoms with Gasteiger partial charge in [0.15, 0.2) is 0 Å². The summed E-state index contributed by atoms with van der Waals surface area (Å²) >= 11 is 0. The molecular formula is C13H19N3O2. The van der Waals surface area contributed by atoms with Crippen LogP contribution in [0.15, 0.2) is 24.3 Å². The van der Waals surface area contributed by atoms with Crippen molar-refractivity contribution in [1.82, 2.24) is 10.6 Å². The first-order valence-electron chi connectivity index (χ1n) is 5.91. The fourth-order valence-corrected chi connectivity index (χ4v) is 1.46. The van der Waals surface area contributed by atoms with E-state index in [1.165, 1.54) is 6.92 Å². The number of carbonyl (C=O) groups is 2. The zero-order chi connectivity index (χ0) is 13.4. The van der Waals surface area contributed by atoms with Crippen LogP contribution in [0.3, 0.4) is 0 Å². The van der Waals surface area contributed by atoms with Gasteiger partial charge in [-0.05, 0) is 18.1 Å². The van der Waals surface area contributed by atoms with Gasteiger partial charge in [-0.3, -0.25) is 4.79 Å². The zero-order valence-electron chi connectivity index (χ0n) is 10.5. The molecule has 1 aromatic rings. The summed E-state index contributed by atoms with van der Waals surface area (Å²) in [5.74, 6) is 0.0611. The van der Waals surface area contributed by atoms with Gasteiger partial charge in [0.1, 0.15) is 5.78 Å². The maximum atomic E-state index is 11.4. The van der Waals surface area contributed by atoms with Gasteiger partial charge in [0.25, 0.3) is 0 Å². The molecule has 0 unspecified atom stereocenters. The number of Topliss-reactive ketones (excluding diaryl/α,β-unsaturated/α-hetero) is 1. The lowest BCUT2D eigenvalue weighted by Crippen LogP contribution is -2.36. The van der Waals surface area contributed by atoms with Crippen molar-refractivity contribution in [3.63, 3.8) is 0 Å². The lowest BCUT2D eigenvalue weighted by Gasteiger charge is -2.07. The molecule has 5 heteroatoms. The third-order valence-electron chi connectivity index (χ3n) is 2.44. The lowest BCUT2D eigenvalue weighted by molar-refractivity contribution is -0.116. The minimum Gasteiger partial charge on any atom is -0.338 e. The highest BCUT2D eigenvalue weighted by Gasteiger charge is 2.01. The standard InChI is InChI=1S/C13H19N3O2/c1-10(17)5-6-15-13(18)16-9-12-4-2-3-11(7-12)8-14/h2-4,7H,5-6,8-9,14H2,1H3,(H2,15,16,18). The van der Waals surface area contributed by atoms with Crippen molar-refractivity contribution in [3.05, 3.63) is 35.4 Å². The Balaban J connectivity index is 2.31. The number of hydrogen-bond acceptors (Lipinski definition) is 3. The first-order chi connectivity index (χ1) is 8.61. The van der Waals surface area contributed by atoms with Crippen molar-refractivity contribution in [2.75, 3.05) is 6.54 Å². The number of amides is 2. The molecule has 0 aliphatic rings. The van der Waals surface area contributed by atoms with E-state index in [2.05, 4.69) is 10.6 Å². The summed E-state index contributed by atoms with van der Waals surface area (Å²) < 4.78 is 0. The Morgan fingerprint density at radius 3 is 2.61 bits per heavy atom. The number of nitrogens with one attached hydrogen (secondary N) is 2. The SMILES string of the molecule is CC(=O)CCNC(=O)NCc1cccc(CN)c1. The molecule has 0 fully saturated rings. The van der Waals surface area contributed by atoms with Gasteiger partial charge < -0.3 is 16.4 Å². The molecule has 0 aliphatic carbocycles. The predicted molar refractivity (Wildman–Crippen MR) is 69.9 cm³/mol. The van der Waals surface area contributed by atoms with Gasteiger partial charge in [-0.2, -0.15) is 0 Å². The molecule has 0 spiro atoms. The highest BCUT2D eigenvalue weighted by molar-refractivity contribution is 5.77. The Kier molecular flexibility index (Phi) is 5.87. The monoisotopic (exact) mass is 249 g/mol. The van der Waals surface area contributed by atoms with E-state index >= 15 is 0 Å². The quantitative estimate of drug-likeness (QED) is 0.701. The van der Waals surface area contributed by atoms with Gasteiger partial charge in [0, 0.05) is 26.1 Å². The van der Waals surface area contributed by atoms with E-state index in [1.807, 2.05) is 24.3 Å². The highest BCUT2D eigenvalue weighted by atomic mass is 16.2. The van der Waals surface area contributed by atoms with Crippen LogP contribution in [0.4, 0.5) is 4.79 Å². The summed E-state index contributed by atoms with van der Waals surface area (Å²) in [4.78, 5) is 22.1. The highest BCUT2D eigenvalue weighted by Crippen LogP contribution is 2.03. The largest absolute Gasteiger partial charge is 0.338 e. The van der Waals surface area contributed by atoms with Crippen molar-refractivity contribution < 1.29 is 9.59 Å². The van der Waals surface area contributed by atoms with Crippen LogP contribution in [0, 0.1) is 0 Å². The normalized spacial score (nSPS) is 9.89. The van der Waals surface area contributed by atoms with Crippen molar-refractivity contribution in [2.24, 2.45) is 5.73 Å². The van der Waals surface area contributed by atoms with E-state index in [0.29, 0.717) is 26.1 Å². The van der Waals surface area contributed by atoms with E-state index in [9.17, 15) is 9.59 Å². The summed E-state index contributed by atoms with van der Waals surface area (Å²) in [5.41, 5.74) is 7.57. The van der Waals surface area contributed by atoms with Crippen LogP contribution in [0.1, 0.15) is 24.5 Å². The molecule has 0 saturated heterocycles. The van der Waals surface area contributed by atoms with Crippen molar-refractivity contribution in [1.29, 1.82) is 0 Å². The fraction of sp³-hybridized carbons (Fsp3) is 0.385. The Morgan fingerprint density at radius 1 is 1.22 bits per heavy atom. The molecule has 4 N–H and O–H groups in total. The summed E-state index contributed by atoms with van der Waals surface area (Å²) in [6.45, 7) is 2.79. The fourth-order valence-electron chi connectivity index (χ4n) is 1.46. The minimum atomic E-state index is -0.269. The van der Waals surface area contributed by atoms with Gasteiger partial charge in [0.05, 0.1) is 0 Å². The number of nitrogens with two attached hydrogens (primary N) is 1. The van der Waals surface area contributed by atoms with Crippen LogP contribution in [0.2, 0.25) is 0 Å². The van der Waals surface area contributed by atoms with Crippen LogP contribution in [-0.4, -0.2) is 18.4 Å². The van der Waals surface area contributed by atoms with Crippen molar-refractivity contribution in [3.8, 4) is 0 Å². The average molecular weight is 249 g/mol. The molecule has 0 aliphatic heterocycles. The number of carbonyl (C=O) groups excluding carboxylic acids is 2. The molecule has 0 bridgehead atoms. The lowest BCUT2D eigenvalue weighted by atomic mass is 10.1. The van der Waals surface area contributed by atoms with E-state index in [-0.39, 0.29) is 11.8 Å². The van der Waals surface area contributed by atoms with Crippen LogP contribution in [0.5, 0.6) is 0 Å². The van der Waals surface area contributed by atoms with Crippen molar-refractivity contribution >= 4 is 11.8 Å². The molecule has 0 saturated carbocycles. The van der Waals surface area contributed by atoms with Gasteiger partial charge in [0.2, 0.25) is 0 Å². The molecule has 1 rings (SSSR count). The molecule has 2 amide bonds. The minimum absolute atomic E-state index is 0.0611. The Hall–Kier alpha value is -1.88. The number of benzene rings is 1.